The minimum atomic E-state index is -0.674. The average Bonchev–Trinajstić information content (AvgIpc) is 2.09. The number of carbonyl (C=O) groups excluding carboxylic acids is 2. The number of nitrogens with two attached hydrogens (primary N) is 1. The molecule has 0 aliphatic carbocycles. The molecule has 18 heavy (non-hydrogen) atoms. The van der Waals surface area contributed by atoms with Crippen molar-refractivity contribution in [1.82, 2.24) is 5.32 Å². The largest absolute Gasteiger partial charge is 0.458 e. The quantitative estimate of drug-likeness (QED) is 0.587. The van der Waals surface area contributed by atoms with E-state index in [1.807, 2.05) is 13.8 Å². The summed E-state index contributed by atoms with van der Waals surface area (Å²) < 4.78 is 5.26. The lowest BCUT2D eigenvalue weighted by Crippen LogP contribution is -2.46. The van der Waals surface area contributed by atoms with Crippen LogP contribution in [0.25, 0.3) is 0 Å². The van der Waals surface area contributed by atoms with Gasteiger partial charge in [0.25, 0.3) is 0 Å². The number of carbonyl (C=O) groups is 2. The monoisotopic (exact) mass is 256 g/mol. The molecular weight excluding hydrogens is 232 g/mol. The summed E-state index contributed by atoms with van der Waals surface area (Å²) in [6, 6.07) is -0.674. The minimum Gasteiger partial charge on any atom is -0.458 e. The van der Waals surface area contributed by atoms with Crippen LogP contribution >= 0.6 is 0 Å². The van der Waals surface area contributed by atoms with Crippen molar-refractivity contribution in [2.24, 2.45) is 11.7 Å². The third-order valence-corrected chi connectivity index (χ3v) is 1.98. The van der Waals surface area contributed by atoms with Crippen LogP contribution in [-0.4, -0.2) is 23.5 Å². The van der Waals surface area contributed by atoms with Gasteiger partial charge in [0.15, 0.2) is 0 Å². The summed E-state index contributed by atoms with van der Waals surface area (Å²) in [7, 11) is 0. The molecule has 1 atom stereocenters. The zero-order valence-electron chi connectivity index (χ0n) is 12.0. The average molecular weight is 256 g/mol. The number of hydrogen-bond donors (Lipinski definition) is 2. The van der Waals surface area contributed by atoms with E-state index in [2.05, 4.69) is 5.32 Å². The lowest BCUT2D eigenvalue weighted by Gasteiger charge is -2.26. The predicted molar refractivity (Wildman–Crippen MR) is 70.6 cm³/mol. The summed E-state index contributed by atoms with van der Waals surface area (Å²) in [4.78, 5) is 23.5. The normalized spacial score (nSPS) is 14.3. The van der Waals surface area contributed by atoms with Crippen LogP contribution in [0.2, 0.25) is 0 Å². The molecule has 0 heterocycles. The number of ether oxygens (including phenoxy) is 1. The molecule has 3 N–H and O–H groups in total. The van der Waals surface area contributed by atoms with Gasteiger partial charge in [-0.25, -0.2) is 4.79 Å². The maximum absolute atomic E-state index is 11.9. The van der Waals surface area contributed by atoms with E-state index in [1.54, 1.807) is 27.7 Å². The van der Waals surface area contributed by atoms with Gasteiger partial charge in [0.05, 0.1) is 0 Å². The summed E-state index contributed by atoms with van der Waals surface area (Å²) in [6.07, 6.45) is 1.25. The van der Waals surface area contributed by atoms with Crippen molar-refractivity contribution in [3.05, 3.63) is 11.8 Å². The van der Waals surface area contributed by atoms with E-state index in [0.717, 1.165) is 0 Å². The van der Waals surface area contributed by atoms with Gasteiger partial charge in [-0.2, -0.15) is 0 Å². The van der Waals surface area contributed by atoms with Crippen molar-refractivity contribution < 1.29 is 14.3 Å². The van der Waals surface area contributed by atoms with Gasteiger partial charge < -0.3 is 15.8 Å². The third kappa shape index (κ3) is 6.93. The molecule has 0 aromatic carbocycles. The van der Waals surface area contributed by atoms with Crippen molar-refractivity contribution in [2.45, 2.75) is 53.2 Å². The highest BCUT2D eigenvalue weighted by Crippen LogP contribution is 2.12. The molecule has 0 spiro atoms. The molecule has 0 aliphatic rings. The fourth-order valence-electron chi connectivity index (χ4n) is 1.26. The van der Waals surface area contributed by atoms with Gasteiger partial charge in [-0.1, -0.05) is 13.8 Å². The fourth-order valence-corrected chi connectivity index (χ4v) is 1.26. The van der Waals surface area contributed by atoms with Gasteiger partial charge in [-0.3, -0.25) is 4.79 Å². The Morgan fingerprint density at radius 3 is 2.11 bits per heavy atom. The molecular formula is C13H24N2O3. The Morgan fingerprint density at radius 2 is 1.78 bits per heavy atom. The van der Waals surface area contributed by atoms with E-state index in [-0.39, 0.29) is 11.8 Å². The third-order valence-electron chi connectivity index (χ3n) is 1.98. The molecule has 5 nitrogen and oxygen atoms in total. The van der Waals surface area contributed by atoms with E-state index in [9.17, 15) is 9.59 Å². The molecule has 0 fully saturated rings. The van der Waals surface area contributed by atoms with Gasteiger partial charge >= 0.3 is 5.97 Å². The molecule has 5 heteroatoms. The van der Waals surface area contributed by atoms with Gasteiger partial charge in [-0.05, 0) is 33.6 Å². The highest BCUT2D eigenvalue weighted by atomic mass is 16.6. The van der Waals surface area contributed by atoms with E-state index in [1.165, 1.54) is 6.08 Å². The van der Waals surface area contributed by atoms with Crippen LogP contribution in [0, 0.1) is 5.92 Å². The maximum Gasteiger partial charge on any atom is 0.329 e. The van der Waals surface area contributed by atoms with Crippen LogP contribution in [0.15, 0.2) is 11.8 Å². The van der Waals surface area contributed by atoms with Crippen LogP contribution in [-0.2, 0) is 14.3 Å². The molecule has 104 valence electrons. The first-order chi connectivity index (χ1) is 8.03. The van der Waals surface area contributed by atoms with E-state index in [0.29, 0.717) is 5.70 Å². The van der Waals surface area contributed by atoms with E-state index < -0.39 is 17.6 Å². The fraction of sp³-hybridized carbons (Fsp3) is 0.692. The van der Waals surface area contributed by atoms with Gasteiger partial charge in [0.1, 0.15) is 11.6 Å². The Balaban J connectivity index is 4.73. The second-order valence-electron chi connectivity index (χ2n) is 5.65. The van der Waals surface area contributed by atoms with Gasteiger partial charge in [0, 0.05) is 11.8 Å². The molecule has 0 radical (unpaired) electrons. The molecule has 1 amide bonds. The SMILES string of the molecule is CC(N)=CC(=O)N[C@H](C(=O)OC(C)(C)C)C(C)C. The van der Waals surface area contributed by atoms with Gasteiger partial charge in [0.2, 0.25) is 5.91 Å². The number of rotatable bonds is 4. The molecule has 0 unspecified atom stereocenters. The van der Waals surface area contributed by atoms with Crippen molar-refractivity contribution in [3.63, 3.8) is 0 Å². The maximum atomic E-state index is 11.9. The Hall–Kier alpha value is -1.52. The lowest BCUT2D eigenvalue weighted by molar-refractivity contribution is -0.159. The van der Waals surface area contributed by atoms with Crippen molar-refractivity contribution in [1.29, 1.82) is 0 Å². The molecule has 0 saturated carbocycles. The van der Waals surface area contributed by atoms with Crippen LogP contribution in [0.3, 0.4) is 0 Å². The smallest absolute Gasteiger partial charge is 0.329 e. The standard InChI is InChI=1S/C13H24N2O3/c1-8(2)11(12(17)18-13(4,5)6)15-10(16)7-9(3)14/h7-8,11H,14H2,1-6H3,(H,15,16)/t11-/m0/s1. The topological polar surface area (TPSA) is 81.4 Å². The van der Waals surface area contributed by atoms with Gasteiger partial charge in [-0.15, -0.1) is 0 Å². The summed E-state index contributed by atoms with van der Waals surface area (Å²) >= 11 is 0. The van der Waals surface area contributed by atoms with Crippen molar-refractivity contribution in [3.8, 4) is 0 Å². The molecule has 0 aromatic heterocycles. The first-order valence-corrected chi connectivity index (χ1v) is 6.00. The number of esters is 1. The first kappa shape index (κ1) is 16.5. The van der Waals surface area contributed by atoms with E-state index >= 15 is 0 Å². The Bertz CT molecular complexity index is 337. The number of nitrogens with one attached hydrogen (secondary N) is 1. The summed E-state index contributed by atoms with van der Waals surface area (Å²) in [5.41, 5.74) is 5.22. The van der Waals surface area contributed by atoms with Crippen LogP contribution in [0.1, 0.15) is 41.5 Å². The van der Waals surface area contributed by atoms with Crippen LogP contribution in [0.5, 0.6) is 0 Å². The zero-order chi connectivity index (χ0) is 14.5. The second-order valence-corrected chi connectivity index (χ2v) is 5.65. The van der Waals surface area contributed by atoms with Crippen molar-refractivity contribution >= 4 is 11.9 Å². The Morgan fingerprint density at radius 1 is 1.28 bits per heavy atom. The Labute approximate surface area is 109 Å². The molecule has 0 aliphatic heterocycles. The number of allylic oxidation sites excluding steroid dienone is 1. The molecule has 0 rings (SSSR count). The molecule has 0 bridgehead atoms. The second kappa shape index (κ2) is 6.42. The highest BCUT2D eigenvalue weighted by molar-refractivity contribution is 5.92. The molecule has 0 aromatic rings. The number of amides is 1. The zero-order valence-corrected chi connectivity index (χ0v) is 12.0. The minimum absolute atomic E-state index is 0.0599. The molecule has 0 saturated heterocycles. The van der Waals surface area contributed by atoms with Crippen LogP contribution < -0.4 is 11.1 Å². The summed E-state index contributed by atoms with van der Waals surface area (Å²) in [5, 5.41) is 2.60. The highest BCUT2D eigenvalue weighted by Gasteiger charge is 2.28. The first-order valence-electron chi connectivity index (χ1n) is 6.00. The Kier molecular flexibility index (Phi) is 5.88. The number of hydrogen-bond acceptors (Lipinski definition) is 4. The van der Waals surface area contributed by atoms with Crippen molar-refractivity contribution in [2.75, 3.05) is 0 Å². The summed E-state index contributed by atoms with van der Waals surface area (Å²) in [6.45, 7) is 10.6. The summed E-state index contributed by atoms with van der Waals surface area (Å²) in [5.74, 6) is -0.885. The van der Waals surface area contributed by atoms with E-state index in [4.69, 9.17) is 10.5 Å². The van der Waals surface area contributed by atoms with Crippen LogP contribution in [0.4, 0.5) is 0 Å². The predicted octanol–water partition coefficient (Wildman–Crippen LogP) is 1.33. The lowest BCUT2D eigenvalue weighted by atomic mass is 10.0.